The summed E-state index contributed by atoms with van der Waals surface area (Å²) in [5.74, 6) is -1.66. The Morgan fingerprint density at radius 1 is 0.889 bits per heavy atom. The van der Waals surface area contributed by atoms with E-state index in [4.69, 9.17) is 0 Å². The van der Waals surface area contributed by atoms with Crippen molar-refractivity contribution in [1.82, 2.24) is 0 Å². The van der Waals surface area contributed by atoms with Gasteiger partial charge in [0.2, 0.25) is 0 Å². The van der Waals surface area contributed by atoms with E-state index in [0.29, 0.717) is 0 Å². The number of quaternary nitrogens is 1. The van der Waals surface area contributed by atoms with Gasteiger partial charge in [0, 0.05) is 17.2 Å². The highest BCUT2D eigenvalue weighted by Crippen LogP contribution is 2.19. The lowest BCUT2D eigenvalue weighted by Gasteiger charge is -2.21. The third-order valence-corrected chi connectivity index (χ3v) is 4.40. The van der Waals surface area contributed by atoms with Crippen LogP contribution in [0.15, 0.2) is 78.9 Å². The van der Waals surface area contributed by atoms with E-state index in [9.17, 15) is 13.6 Å². The molecule has 1 atom stereocenters. The number of amides is 1. The highest BCUT2D eigenvalue weighted by atomic mass is 19.1. The summed E-state index contributed by atoms with van der Waals surface area (Å²) < 4.78 is 27.1. The minimum absolute atomic E-state index is 0.0921. The fourth-order valence-corrected chi connectivity index (χ4v) is 2.95. The van der Waals surface area contributed by atoms with Crippen molar-refractivity contribution < 1.29 is 18.9 Å². The molecule has 5 heteroatoms. The number of benzene rings is 3. The summed E-state index contributed by atoms with van der Waals surface area (Å²) in [6.07, 6.45) is 0. The van der Waals surface area contributed by atoms with Crippen LogP contribution in [-0.4, -0.2) is 11.9 Å². The van der Waals surface area contributed by atoms with Crippen molar-refractivity contribution in [2.45, 2.75) is 19.0 Å². The maximum atomic E-state index is 13.8. The van der Waals surface area contributed by atoms with Gasteiger partial charge in [-0.15, -0.1) is 0 Å². The van der Waals surface area contributed by atoms with Gasteiger partial charge < -0.3 is 10.6 Å². The molecule has 0 radical (unpaired) electrons. The minimum Gasteiger partial charge on any atom is -0.326 e. The first-order valence-electron chi connectivity index (χ1n) is 8.75. The maximum absolute atomic E-state index is 13.8. The van der Waals surface area contributed by atoms with Gasteiger partial charge in [0.05, 0.1) is 5.69 Å². The molecule has 0 unspecified atom stereocenters. The topological polar surface area (TPSA) is 45.7 Å². The van der Waals surface area contributed by atoms with Gasteiger partial charge in [-0.3, -0.25) is 4.79 Å². The number of hydrogen-bond acceptors (Lipinski definition) is 1. The molecule has 3 N–H and O–H groups in total. The van der Waals surface area contributed by atoms with Gasteiger partial charge in [-0.1, -0.05) is 60.7 Å². The molecule has 0 saturated carbocycles. The second kappa shape index (κ2) is 8.56. The second-order valence-corrected chi connectivity index (χ2v) is 6.39. The number of rotatable bonds is 6. The smallest absolute Gasteiger partial charge is 0.282 e. The van der Waals surface area contributed by atoms with E-state index in [0.717, 1.165) is 29.3 Å². The lowest BCUT2D eigenvalue weighted by molar-refractivity contribution is -0.704. The molecule has 3 nitrogen and oxygen atoms in total. The second-order valence-electron chi connectivity index (χ2n) is 6.39. The van der Waals surface area contributed by atoms with Crippen LogP contribution in [0.4, 0.5) is 14.5 Å². The average Bonchev–Trinajstić information content (AvgIpc) is 2.70. The van der Waals surface area contributed by atoms with Crippen LogP contribution in [0.25, 0.3) is 0 Å². The van der Waals surface area contributed by atoms with Crippen LogP contribution >= 0.6 is 0 Å². The zero-order valence-electron chi connectivity index (χ0n) is 14.9. The van der Waals surface area contributed by atoms with E-state index in [1.807, 2.05) is 66.0 Å². The van der Waals surface area contributed by atoms with Crippen molar-refractivity contribution in [3.63, 3.8) is 0 Å². The van der Waals surface area contributed by atoms with Crippen molar-refractivity contribution in [3.8, 4) is 0 Å². The summed E-state index contributed by atoms with van der Waals surface area (Å²) in [5.41, 5.74) is 1.96. The highest BCUT2D eigenvalue weighted by Gasteiger charge is 2.25. The standard InChI is InChI=1S/C22H20F2N2O/c1-15(22(27)26-20-14-18(23)12-13-19(20)24)25-21(16-8-4-2-5-9-16)17-10-6-3-7-11-17/h2-15,21,25H,1H3,(H,26,27)/p+1/t15-/m0/s1. The van der Waals surface area contributed by atoms with Gasteiger partial charge in [0.15, 0.2) is 6.04 Å². The molecule has 3 aromatic rings. The Morgan fingerprint density at radius 2 is 1.44 bits per heavy atom. The maximum Gasteiger partial charge on any atom is 0.282 e. The fourth-order valence-electron chi connectivity index (χ4n) is 2.95. The summed E-state index contributed by atoms with van der Waals surface area (Å²) >= 11 is 0. The summed E-state index contributed by atoms with van der Waals surface area (Å²) in [6.45, 7) is 1.74. The molecular weight excluding hydrogens is 346 g/mol. The Balaban J connectivity index is 1.79. The first-order valence-corrected chi connectivity index (χ1v) is 8.75. The number of nitrogens with one attached hydrogen (secondary N) is 1. The summed E-state index contributed by atoms with van der Waals surface area (Å²) in [7, 11) is 0. The van der Waals surface area contributed by atoms with Gasteiger partial charge in [0.25, 0.3) is 5.91 Å². The van der Waals surface area contributed by atoms with E-state index in [2.05, 4.69) is 5.32 Å². The molecule has 0 bridgehead atoms. The molecule has 3 rings (SSSR count). The number of carbonyl (C=O) groups is 1. The Morgan fingerprint density at radius 3 is 2.00 bits per heavy atom. The predicted octanol–water partition coefficient (Wildman–Crippen LogP) is 3.64. The van der Waals surface area contributed by atoms with Crippen LogP contribution in [0.2, 0.25) is 0 Å². The average molecular weight is 367 g/mol. The predicted molar refractivity (Wildman–Crippen MR) is 101 cm³/mol. The summed E-state index contributed by atoms with van der Waals surface area (Å²) in [6, 6.07) is 22.1. The molecule has 0 aliphatic heterocycles. The molecule has 3 aromatic carbocycles. The molecule has 0 aliphatic rings. The summed E-state index contributed by atoms with van der Waals surface area (Å²) in [5, 5.41) is 4.39. The number of carbonyl (C=O) groups excluding carboxylic acids is 1. The van der Waals surface area contributed by atoms with Crippen molar-refractivity contribution >= 4 is 11.6 Å². The SMILES string of the molecule is C[C@H]([NH2+]C(c1ccccc1)c1ccccc1)C(=O)Nc1cc(F)ccc1F. The Hall–Kier alpha value is -3.05. The third kappa shape index (κ3) is 4.77. The van der Waals surface area contributed by atoms with Gasteiger partial charge in [-0.05, 0) is 19.1 Å². The number of nitrogens with two attached hydrogens (primary N) is 1. The number of hydrogen-bond donors (Lipinski definition) is 2. The zero-order chi connectivity index (χ0) is 19.2. The van der Waals surface area contributed by atoms with Gasteiger partial charge >= 0.3 is 0 Å². The molecule has 1 amide bonds. The molecule has 0 aliphatic carbocycles. The Kier molecular flexibility index (Phi) is 5.94. The van der Waals surface area contributed by atoms with E-state index in [1.165, 1.54) is 0 Å². The van der Waals surface area contributed by atoms with Crippen LogP contribution in [0.1, 0.15) is 24.1 Å². The normalized spacial score (nSPS) is 12.0. The number of anilines is 1. The molecule has 138 valence electrons. The lowest BCUT2D eigenvalue weighted by Crippen LogP contribution is -2.92. The van der Waals surface area contributed by atoms with Crippen LogP contribution < -0.4 is 10.6 Å². The van der Waals surface area contributed by atoms with Gasteiger partial charge in [0.1, 0.15) is 17.7 Å². The summed E-state index contributed by atoms with van der Waals surface area (Å²) in [4.78, 5) is 12.5. The first kappa shape index (κ1) is 18.7. The molecule has 0 saturated heterocycles. The fraction of sp³-hybridized carbons (Fsp3) is 0.136. The van der Waals surface area contributed by atoms with E-state index in [-0.39, 0.29) is 11.7 Å². The first-order chi connectivity index (χ1) is 13.0. The van der Waals surface area contributed by atoms with Crippen molar-refractivity contribution in [2.75, 3.05) is 5.32 Å². The molecule has 27 heavy (non-hydrogen) atoms. The van der Waals surface area contributed by atoms with E-state index >= 15 is 0 Å². The van der Waals surface area contributed by atoms with Crippen molar-refractivity contribution in [2.24, 2.45) is 0 Å². The van der Waals surface area contributed by atoms with Crippen LogP contribution in [0.5, 0.6) is 0 Å². The molecule has 0 spiro atoms. The lowest BCUT2D eigenvalue weighted by atomic mass is 9.98. The number of halogens is 2. The van der Waals surface area contributed by atoms with Crippen LogP contribution in [0, 0.1) is 11.6 Å². The van der Waals surface area contributed by atoms with E-state index in [1.54, 1.807) is 6.92 Å². The molecular formula is C22H21F2N2O+. The largest absolute Gasteiger partial charge is 0.326 e. The van der Waals surface area contributed by atoms with Crippen LogP contribution in [-0.2, 0) is 4.79 Å². The zero-order valence-corrected chi connectivity index (χ0v) is 14.9. The Bertz CT molecular complexity index is 861. The van der Waals surface area contributed by atoms with Gasteiger partial charge in [-0.2, -0.15) is 0 Å². The van der Waals surface area contributed by atoms with Gasteiger partial charge in [-0.25, -0.2) is 8.78 Å². The highest BCUT2D eigenvalue weighted by molar-refractivity contribution is 5.93. The quantitative estimate of drug-likeness (QED) is 0.686. The van der Waals surface area contributed by atoms with Crippen molar-refractivity contribution in [1.29, 1.82) is 0 Å². The van der Waals surface area contributed by atoms with Crippen molar-refractivity contribution in [3.05, 3.63) is 102 Å². The third-order valence-electron chi connectivity index (χ3n) is 4.40. The molecule has 0 heterocycles. The molecule has 0 aromatic heterocycles. The molecule has 0 fully saturated rings. The van der Waals surface area contributed by atoms with Crippen LogP contribution in [0.3, 0.4) is 0 Å². The van der Waals surface area contributed by atoms with E-state index < -0.39 is 23.6 Å². The minimum atomic E-state index is -0.667. The Labute approximate surface area is 157 Å². The monoisotopic (exact) mass is 367 g/mol.